The average Bonchev–Trinajstić information content (AvgIpc) is 2.67. The van der Waals surface area contributed by atoms with Crippen molar-refractivity contribution in [3.05, 3.63) is 29.7 Å². The van der Waals surface area contributed by atoms with Crippen LogP contribution in [0.1, 0.15) is 39.0 Å². The molecule has 1 fully saturated rings. The van der Waals surface area contributed by atoms with Crippen LogP contribution in [0.4, 0.5) is 0 Å². The van der Waals surface area contributed by atoms with Crippen molar-refractivity contribution in [2.24, 2.45) is 16.7 Å². The minimum absolute atomic E-state index is 0.446. The van der Waals surface area contributed by atoms with Gasteiger partial charge in [0.05, 0.1) is 5.69 Å². The van der Waals surface area contributed by atoms with Crippen LogP contribution in [0.25, 0.3) is 5.65 Å². The fourth-order valence-electron chi connectivity index (χ4n) is 3.33. The highest BCUT2D eigenvalue weighted by Crippen LogP contribution is 2.67. The van der Waals surface area contributed by atoms with Crippen molar-refractivity contribution in [2.45, 2.75) is 41.2 Å². The predicted octanol–water partition coefficient (Wildman–Crippen LogP) is 2.81. The van der Waals surface area contributed by atoms with E-state index in [-0.39, 0.29) is 0 Å². The minimum Gasteiger partial charge on any atom is -0.312 e. The van der Waals surface area contributed by atoms with Crippen LogP contribution in [0.15, 0.2) is 18.5 Å². The maximum atomic E-state index is 4.43. The molecule has 0 spiro atoms. The maximum Gasteiger partial charge on any atom is 0.155 e. The molecule has 1 saturated carbocycles. The van der Waals surface area contributed by atoms with Gasteiger partial charge in [-0.1, -0.05) is 27.7 Å². The molecule has 0 aliphatic heterocycles. The number of fused-ring (bicyclic) bond motifs is 1. The zero-order valence-electron chi connectivity index (χ0n) is 13.1. The molecular weight excluding hydrogens is 248 g/mol. The molecule has 0 amide bonds. The smallest absolute Gasteiger partial charge is 0.155 e. The van der Waals surface area contributed by atoms with Crippen LogP contribution in [0.5, 0.6) is 0 Å². The summed E-state index contributed by atoms with van der Waals surface area (Å²) in [5.41, 5.74) is 3.99. The summed E-state index contributed by atoms with van der Waals surface area (Å²) in [4.78, 5) is 4.43. The summed E-state index contributed by atoms with van der Waals surface area (Å²) in [7, 11) is 0. The Labute approximate surface area is 120 Å². The second kappa shape index (κ2) is 4.29. The molecule has 0 atom stereocenters. The highest BCUT2D eigenvalue weighted by atomic mass is 15.2. The first kappa shape index (κ1) is 13.6. The molecule has 2 aromatic heterocycles. The number of hydrogen-bond donors (Lipinski definition) is 1. The lowest BCUT2D eigenvalue weighted by Crippen LogP contribution is -2.19. The summed E-state index contributed by atoms with van der Waals surface area (Å²) in [5.74, 6) is 0.749. The fourth-order valence-corrected chi connectivity index (χ4v) is 3.33. The van der Waals surface area contributed by atoms with E-state index in [0.717, 1.165) is 30.3 Å². The highest BCUT2D eigenvalue weighted by molar-refractivity contribution is 5.38. The van der Waals surface area contributed by atoms with Crippen molar-refractivity contribution in [3.63, 3.8) is 0 Å². The summed E-state index contributed by atoms with van der Waals surface area (Å²) in [6.45, 7) is 13.3. The largest absolute Gasteiger partial charge is 0.312 e. The van der Waals surface area contributed by atoms with Crippen molar-refractivity contribution in [1.82, 2.24) is 19.9 Å². The molecule has 0 bridgehead atoms. The van der Waals surface area contributed by atoms with Crippen molar-refractivity contribution < 1.29 is 0 Å². The van der Waals surface area contributed by atoms with Crippen LogP contribution in [0, 0.1) is 23.7 Å². The zero-order valence-corrected chi connectivity index (χ0v) is 13.1. The summed E-state index contributed by atoms with van der Waals surface area (Å²) < 4.78 is 1.86. The standard InChI is InChI=1S/C16H24N4/c1-11-6-14-18-8-12(10-20(14)19-11)7-17-9-13-15(2,3)16(13,4)5/h6,8,10,13,17H,7,9H2,1-5H3. The zero-order chi connectivity index (χ0) is 14.5. The molecular formula is C16H24N4. The van der Waals surface area contributed by atoms with Crippen LogP contribution >= 0.6 is 0 Å². The van der Waals surface area contributed by atoms with E-state index in [9.17, 15) is 0 Å². The van der Waals surface area contributed by atoms with Crippen molar-refractivity contribution >= 4 is 5.65 Å². The van der Waals surface area contributed by atoms with Crippen molar-refractivity contribution in [2.75, 3.05) is 6.54 Å². The Hall–Kier alpha value is -1.42. The number of rotatable bonds is 4. The Morgan fingerprint density at radius 3 is 2.60 bits per heavy atom. The van der Waals surface area contributed by atoms with E-state index in [1.165, 1.54) is 5.56 Å². The third-order valence-electron chi connectivity index (χ3n) is 5.49. The third-order valence-corrected chi connectivity index (χ3v) is 5.49. The van der Waals surface area contributed by atoms with E-state index < -0.39 is 0 Å². The first-order chi connectivity index (χ1) is 9.32. The summed E-state index contributed by atoms with van der Waals surface area (Å²) in [6.07, 6.45) is 4.00. The van der Waals surface area contributed by atoms with Crippen LogP contribution < -0.4 is 5.32 Å². The van der Waals surface area contributed by atoms with Gasteiger partial charge >= 0.3 is 0 Å². The second-order valence-corrected chi connectivity index (χ2v) is 7.18. The van der Waals surface area contributed by atoms with Gasteiger partial charge in [-0.3, -0.25) is 0 Å². The molecule has 0 aromatic carbocycles. The van der Waals surface area contributed by atoms with Gasteiger partial charge in [0.1, 0.15) is 0 Å². The monoisotopic (exact) mass is 272 g/mol. The summed E-state index contributed by atoms with van der Waals surface area (Å²) in [6, 6.07) is 1.99. The van der Waals surface area contributed by atoms with Gasteiger partial charge < -0.3 is 5.32 Å². The van der Waals surface area contributed by atoms with E-state index >= 15 is 0 Å². The number of aryl methyl sites for hydroxylation is 1. The molecule has 0 radical (unpaired) electrons. The van der Waals surface area contributed by atoms with Crippen molar-refractivity contribution in [3.8, 4) is 0 Å². The molecule has 108 valence electrons. The fraction of sp³-hybridized carbons (Fsp3) is 0.625. The van der Waals surface area contributed by atoms with Crippen LogP contribution in [-0.2, 0) is 6.54 Å². The van der Waals surface area contributed by atoms with Crippen LogP contribution in [-0.4, -0.2) is 21.1 Å². The number of aromatic nitrogens is 3. The molecule has 1 N–H and O–H groups in total. The van der Waals surface area contributed by atoms with E-state index in [2.05, 4.69) is 49.3 Å². The van der Waals surface area contributed by atoms with Gasteiger partial charge in [0.25, 0.3) is 0 Å². The normalized spacial score (nSPS) is 20.4. The van der Waals surface area contributed by atoms with Gasteiger partial charge in [-0.15, -0.1) is 0 Å². The molecule has 2 heterocycles. The van der Waals surface area contributed by atoms with Gasteiger partial charge in [0, 0.05) is 30.6 Å². The maximum absolute atomic E-state index is 4.43. The minimum atomic E-state index is 0.446. The van der Waals surface area contributed by atoms with Gasteiger partial charge in [0.15, 0.2) is 5.65 Å². The lowest BCUT2D eigenvalue weighted by molar-refractivity contribution is 0.457. The Bertz CT molecular complexity index is 625. The Balaban J connectivity index is 1.61. The molecule has 3 rings (SSSR count). The highest BCUT2D eigenvalue weighted by Gasteiger charge is 2.63. The molecule has 0 saturated heterocycles. The SMILES string of the molecule is Cc1cc2ncc(CNCC3C(C)(C)C3(C)C)cn2n1. The number of hydrogen-bond acceptors (Lipinski definition) is 3. The Morgan fingerprint density at radius 1 is 1.25 bits per heavy atom. The Morgan fingerprint density at radius 2 is 1.95 bits per heavy atom. The molecule has 4 nitrogen and oxygen atoms in total. The van der Waals surface area contributed by atoms with Crippen LogP contribution in [0.3, 0.4) is 0 Å². The summed E-state index contributed by atoms with van der Waals surface area (Å²) in [5, 5.41) is 7.97. The quantitative estimate of drug-likeness (QED) is 0.930. The third kappa shape index (κ3) is 2.03. The van der Waals surface area contributed by atoms with Gasteiger partial charge in [-0.25, -0.2) is 9.50 Å². The van der Waals surface area contributed by atoms with E-state index in [1.54, 1.807) is 0 Å². The molecule has 2 aromatic rings. The van der Waals surface area contributed by atoms with Gasteiger partial charge in [-0.05, 0) is 30.2 Å². The van der Waals surface area contributed by atoms with Crippen LogP contribution in [0.2, 0.25) is 0 Å². The lowest BCUT2D eigenvalue weighted by atomic mass is 10.0. The molecule has 1 aliphatic rings. The van der Waals surface area contributed by atoms with Crippen molar-refractivity contribution in [1.29, 1.82) is 0 Å². The number of nitrogens with one attached hydrogen (secondary N) is 1. The van der Waals surface area contributed by atoms with Gasteiger partial charge in [-0.2, -0.15) is 5.10 Å². The average molecular weight is 272 g/mol. The molecule has 20 heavy (non-hydrogen) atoms. The Kier molecular flexibility index (Phi) is 2.91. The molecule has 0 unspecified atom stereocenters. The molecule has 1 aliphatic carbocycles. The molecule has 4 heteroatoms. The topological polar surface area (TPSA) is 42.2 Å². The first-order valence-corrected chi connectivity index (χ1v) is 7.34. The lowest BCUT2D eigenvalue weighted by Gasteiger charge is -2.06. The summed E-state index contributed by atoms with van der Waals surface area (Å²) >= 11 is 0. The van der Waals surface area contributed by atoms with E-state index in [1.807, 2.05) is 23.7 Å². The van der Waals surface area contributed by atoms with Gasteiger partial charge in [0.2, 0.25) is 0 Å². The second-order valence-electron chi connectivity index (χ2n) is 7.18. The first-order valence-electron chi connectivity index (χ1n) is 7.34. The number of nitrogens with zero attached hydrogens (tertiary/aromatic N) is 3. The van der Waals surface area contributed by atoms with E-state index in [0.29, 0.717) is 10.8 Å². The predicted molar refractivity (Wildman–Crippen MR) is 80.5 cm³/mol. The van der Waals surface area contributed by atoms with E-state index in [4.69, 9.17) is 0 Å².